The lowest BCUT2D eigenvalue weighted by atomic mass is 10.1. The summed E-state index contributed by atoms with van der Waals surface area (Å²) in [6.07, 6.45) is 3.29. The fraction of sp³-hybridized carbons (Fsp3) is 0.667. The van der Waals surface area contributed by atoms with Crippen LogP contribution in [0.15, 0.2) is 12.4 Å². The molecule has 0 spiro atoms. The monoisotopic (exact) mass is 239 g/mol. The van der Waals surface area contributed by atoms with Crippen LogP contribution in [0.2, 0.25) is 0 Å². The summed E-state index contributed by atoms with van der Waals surface area (Å²) < 4.78 is 1.76. The highest BCUT2D eigenvalue weighted by molar-refractivity contribution is 5.93. The molecule has 0 radical (unpaired) electrons. The van der Waals surface area contributed by atoms with Gasteiger partial charge < -0.3 is 10.4 Å². The highest BCUT2D eigenvalue weighted by atomic mass is 16.3. The summed E-state index contributed by atoms with van der Waals surface area (Å²) in [5, 5.41) is 15.8. The second-order valence-electron chi connectivity index (χ2n) is 5.34. The number of rotatable bonds is 4. The third-order valence-corrected chi connectivity index (χ3v) is 2.45. The van der Waals surface area contributed by atoms with Crippen LogP contribution in [0.5, 0.6) is 0 Å². The first kappa shape index (κ1) is 13.7. The topological polar surface area (TPSA) is 67.2 Å². The number of amides is 1. The van der Waals surface area contributed by atoms with Gasteiger partial charge in [0.15, 0.2) is 0 Å². The molecule has 96 valence electrons. The third-order valence-electron chi connectivity index (χ3n) is 2.45. The lowest BCUT2D eigenvalue weighted by Crippen LogP contribution is -2.29. The predicted molar refractivity (Wildman–Crippen MR) is 65.8 cm³/mol. The third kappa shape index (κ3) is 3.85. The number of hydrogen-bond acceptors (Lipinski definition) is 3. The van der Waals surface area contributed by atoms with Crippen LogP contribution >= 0.6 is 0 Å². The normalized spacial score (nSPS) is 13.5. The molecule has 1 aromatic heterocycles. The van der Waals surface area contributed by atoms with Crippen LogP contribution in [0.25, 0.3) is 0 Å². The minimum atomic E-state index is -0.152. The molecule has 17 heavy (non-hydrogen) atoms. The van der Waals surface area contributed by atoms with E-state index < -0.39 is 0 Å². The molecule has 1 atom stereocenters. The fourth-order valence-electron chi connectivity index (χ4n) is 1.24. The molecular weight excluding hydrogens is 218 g/mol. The second-order valence-corrected chi connectivity index (χ2v) is 5.34. The summed E-state index contributed by atoms with van der Waals surface area (Å²) in [6.45, 7) is 8.48. The van der Waals surface area contributed by atoms with Crippen molar-refractivity contribution in [3.8, 4) is 0 Å². The smallest absolute Gasteiger partial charge is 0.254 e. The first-order valence-electron chi connectivity index (χ1n) is 5.79. The van der Waals surface area contributed by atoms with Gasteiger partial charge >= 0.3 is 0 Å². The zero-order valence-electron chi connectivity index (χ0n) is 10.9. The molecule has 1 amide bonds. The van der Waals surface area contributed by atoms with Crippen molar-refractivity contribution in [3.05, 3.63) is 18.0 Å². The summed E-state index contributed by atoms with van der Waals surface area (Å²) in [4.78, 5) is 11.8. The van der Waals surface area contributed by atoms with E-state index in [1.54, 1.807) is 17.1 Å². The van der Waals surface area contributed by atoms with Crippen LogP contribution < -0.4 is 5.32 Å². The molecule has 0 aromatic carbocycles. The molecule has 1 heterocycles. The van der Waals surface area contributed by atoms with Crippen molar-refractivity contribution in [3.63, 3.8) is 0 Å². The highest BCUT2D eigenvalue weighted by Crippen LogP contribution is 2.13. The molecule has 0 aliphatic rings. The molecular formula is C12H21N3O2. The molecule has 1 aromatic rings. The van der Waals surface area contributed by atoms with E-state index in [1.807, 2.05) is 27.7 Å². The maximum atomic E-state index is 11.8. The Labute approximate surface area is 102 Å². The van der Waals surface area contributed by atoms with E-state index in [0.717, 1.165) is 0 Å². The van der Waals surface area contributed by atoms with Crippen molar-refractivity contribution in [1.82, 2.24) is 15.1 Å². The van der Waals surface area contributed by atoms with Gasteiger partial charge in [-0.05, 0) is 26.7 Å². The number of nitrogens with zero attached hydrogens (tertiary/aromatic N) is 2. The van der Waals surface area contributed by atoms with Crippen LogP contribution in [-0.2, 0) is 5.54 Å². The lowest BCUT2D eigenvalue weighted by molar-refractivity contribution is 0.0942. The van der Waals surface area contributed by atoms with Crippen molar-refractivity contribution < 1.29 is 9.90 Å². The Bertz CT molecular complexity index is 379. The highest BCUT2D eigenvalue weighted by Gasteiger charge is 2.16. The Balaban J connectivity index is 2.61. The standard InChI is InChI=1S/C12H21N3O2/c1-9(8-16)5-13-11(17)10-6-14-15(7-10)12(2,3)4/h6-7,9,16H,5,8H2,1-4H3,(H,13,17). The van der Waals surface area contributed by atoms with Crippen LogP contribution in [-0.4, -0.2) is 33.9 Å². The van der Waals surface area contributed by atoms with Gasteiger partial charge in [-0.15, -0.1) is 0 Å². The minimum Gasteiger partial charge on any atom is -0.396 e. The number of nitrogens with one attached hydrogen (secondary N) is 1. The van der Waals surface area contributed by atoms with E-state index in [-0.39, 0.29) is 24.0 Å². The van der Waals surface area contributed by atoms with Crippen molar-refractivity contribution in [2.45, 2.75) is 33.2 Å². The minimum absolute atomic E-state index is 0.0663. The SMILES string of the molecule is CC(CO)CNC(=O)c1cnn(C(C)(C)C)c1. The van der Waals surface area contributed by atoms with Crippen LogP contribution in [0, 0.1) is 5.92 Å². The molecule has 0 saturated heterocycles. The van der Waals surface area contributed by atoms with Crippen molar-refractivity contribution in [2.24, 2.45) is 5.92 Å². The fourth-order valence-corrected chi connectivity index (χ4v) is 1.24. The van der Waals surface area contributed by atoms with Crippen molar-refractivity contribution in [1.29, 1.82) is 0 Å². The molecule has 0 saturated carbocycles. The average Bonchev–Trinajstić information content (AvgIpc) is 2.74. The molecule has 2 N–H and O–H groups in total. The number of carbonyl (C=O) groups is 1. The molecule has 5 nitrogen and oxygen atoms in total. The van der Waals surface area contributed by atoms with E-state index >= 15 is 0 Å². The van der Waals surface area contributed by atoms with Crippen LogP contribution in [0.3, 0.4) is 0 Å². The van der Waals surface area contributed by atoms with Gasteiger partial charge in [-0.25, -0.2) is 0 Å². The van der Waals surface area contributed by atoms with Crippen LogP contribution in [0.1, 0.15) is 38.1 Å². The molecule has 0 aliphatic heterocycles. The molecule has 0 bridgehead atoms. The quantitative estimate of drug-likeness (QED) is 0.823. The van der Waals surface area contributed by atoms with E-state index in [2.05, 4.69) is 10.4 Å². The Morgan fingerprint density at radius 2 is 2.24 bits per heavy atom. The van der Waals surface area contributed by atoms with Gasteiger partial charge in [-0.2, -0.15) is 5.10 Å². The summed E-state index contributed by atoms with van der Waals surface area (Å²) in [5.74, 6) is -0.0857. The van der Waals surface area contributed by atoms with Gasteiger partial charge in [0.2, 0.25) is 0 Å². The van der Waals surface area contributed by atoms with Crippen LogP contribution in [0.4, 0.5) is 0 Å². The second kappa shape index (κ2) is 5.31. The molecule has 0 fully saturated rings. The first-order chi connectivity index (χ1) is 7.84. The number of aliphatic hydroxyl groups excluding tert-OH is 1. The van der Waals surface area contributed by atoms with Gasteiger partial charge in [0.1, 0.15) is 0 Å². The predicted octanol–water partition coefficient (Wildman–Crippen LogP) is 0.996. The van der Waals surface area contributed by atoms with Gasteiger partial charge in [0, 0.05) is 19.3 Å². The molecule has 1 unspecified atom stereocenters. The summed E-state index contributed by atoms with van der Waals surface area (Å²) in [6, 6.07) is 0. The van der Waals surface area contributed by atoms with Gasteiger partial charge in [0.05, 0.1) is 17.3 Å². The van der Waals surface area contributed by atoms with Gasteiger partial charge in [-0.1, -0.05) is 6.92 Å². The van der Waals surface area contributed by atoms with E-state index in [0.29, 0.717) is 12.1 Å². The maximum absolute atomic E-state index is 11.8. The molecule has 1 rings (SSSR count). The van der Waals surface area contributed by atoms with Crippen molar-refractivity contribution >= 4 is 5.91 Å². The Morgan fingerprint density at radius 3 is 2.71 bits per heavy atom. The largest absolute Gasteiger partial charge is 0.396 e. The lowest BCUT2D eigenvalue weighted by Gasteiger charge is -2.18. The summed E-state index contributed by atoms with van der Waals surface area (Å²) >= 11 is 0. The van der Waals surface area contributed by atoms with Gasteiger partial charge in [-0.3, -0.25) is 9.48 Å². The van der Waals surface area contributed by atoms with E-state index in [4.69, 9.17) is 5.11 Å². The van der Waals surface area contributed by atoms with Crippen molar-refractivity contribution in [2.75, 3.05) is 13.2 Å². The number of hydrogen-bond donors (Lipinski definition) is 2. The van der Waals surface area contributed by atoms with E-state index in [9.17, 15) is 4.79 Å². The molecule has 0 aliphatic carbocycles. The zero-order chi connectivity index (χ0) is 13.1. The maximum Gasteiger partial charge on any atom is 0.254 e. The number of aromatic nitrogens is 2. The summed E-state index contributed by atoms with van der Waals surface area (Å²) in [7, 11) is 0. The molecule has 5 heteroatoms. The summed E-state index contributed by atoms with van der Waals surface area (Å²) in [5.41, 5.74) is 0.418. The Kier molecular flexibility index (Phi) is 4.28. The number of aliphatic hydroxyl groups is 1. The first-order valence-corrected chi connectivity index (χ1v) is 5.79. The van der Waals surface area contributed by atoms with Gasteiger partial charge in [0.25, 0.3) is 5.91 Å². The Morgan fingerprint density at radius 1 is 1.59 bits per heavy atom. The average molecular weight is 239 g/mol. The zero-order valence-corrected chi connectivity index (χ0v) is 10.9. The Hall–Kier alpha value is -1.36. The number of carbonyl (C=O) groups excluding carboxylic acids is 1. The van der Waals surface area contributed by atoms with E-state index in [1.165, 1.54) is 0 Å².